The van der Waals surface area contributed by atoms with Crippen molar-refractivity contribution in [2.75, 3.05) is 7.11 Å². The molecule has 0 saturated heterocycles. The molecule has 0 saturated carbocycles. The van der Waals surface area contributed by atoms with Gasteiger partial charge in [-0.15, -0.1) is 0 Å². The number of methoxy groups -OCH3 is 1. The van der Waals surface area contributed by atoms with Crippen LogP contribution >= 0.6 is 0 Å². The van der Waals surface area contributed by atoms with Gasteiger partial charge in [0.1, 0.15) is 0 Å². The van der Waals surface area contributed by atoms with Gasteiger partial charge in [-0.05, 0) is 0 Å². The second kappa shape index (κ2) is 2.73. The molecule has 1 aliphatic heterocycles. The highest BCUT2D eigenvalue weighted by Crippen LogP contribution is 2.35. The Morgan fingerprint density at radius 3 is 2.31 bits per heavy atom. The summed E-state index contributed by atoms with van der Waals surface area (Å²) in [6, 6.07) is 0. The second-order valence-electron chi connectivity index (χ2n) is 2.62. The molecule has 0 aromatic rings. The van der Waals surface area contributed by atoms with Crippen LogP contribution in [0, 0.1) is 0 Å². The van der Waals surface area contributed by atoms with E-state index in [1.54, 1.807) is 0 Å². The van der Waals surface area contributed by atoms with Crippen molar-refractivity contribution in [3.8, 4) is 0 Å². The number of hydrogen-bond donors (Lipinski definition) is 0. The van der Waals surface area contributed by atoms with Crippen LogP contribution in [0.5, 0.6) is 0 Å². The summed E-state index contributed by atoms with van der Waals surface area (Å²) < 4.78 is 44.9. The third-order valence-electron chi connectivity index (χ3n) is 1.68. The zero-order valence-corrected chi connectivity index (χ0v) is 6.94. The van der Waals surface area contributed by atoms with E-state index in [2.05, 4.69) is 9.47 Å². The Balaban J connectivity index is 2.89. The van der Waals surface area contributed by atoms with Crippen LogP contribution in [0.25, 0.3) is 0 Å². The molecule has 0 amide bonds. The van der Waals surface area contributed by atoms with E-state index in [0.29, 0.717) is 6.08 Å². The molecule has 1 aliphatic rings. The van der Waals surface area contributed by atoms with Gasteiger partial charge in [0.15, 0.2) is 0 Å². The highest BCUT2D eigenvalue weighted by molar-refractivity contribution is 5.98. The van der Waals surface area contributed by atoms with E-state index in [0.717, 1.165) is 14.0 Å². The van der Waals surface area contributed by atoms with E-state index < -0.39 is 23.5 Å². The van der Waals surface area contributed by atoms with Crippen molar-refractivity contribution >= 4 is 5.78 Å². The van der Waals surface area contributed by atoms with Crippen LogP contribution in [0.2, 0.25) is 0 Å². The summed E-state index contributed by atoms with van der Waals surface area (Å²) in [5.74, 6) is -3.99. The van der Waals surface area contributed by atoms with Crippen molar-refractivity contribution in [3.63, 3.8) is 0 Å². The summed E-state index contributed by atoms with van der Waals surface area (Å²) >= 11 is 0. The van der Waals surface area contributed by atoms with Crippen LogP contribution in [0.4, 0.5) is 13.2 Å². The number of alkyl halides is 3. The summed E-state index contributed by atoms with van der Waals surface area (Å²) in [5, 5.41) is 0. The average molecular weight is 196 g/mol. The number of carbonyl (C=O) groups excluding carboxylic acids is 1. The molecule has 0 bridgehead atoms. The van der Waals surface area contributed by atoms with E-state index in [1.807, 2.05) is 0 Å². The van der Waals surface area contributed by atoms with E-state index >= 15 is 0 Å². The smallest absolute Gasteiger partial charge is 0.449 e. The molecule has 0 fully saturated rings. The zero-order valence-electron chi connectivity index (χ0n) is 6.94. The van der Waals surface area contributed by atoms with E-state index in [4.69, 9.17) is 0 Å². The molecule has 13 heavy (non-hydrogen) atoms. The zero-order chi connectivity index (χ0) is 10.3. The molecule has 0 radical (unpaired) electrons. The SMILES string of the molecule is COC1(C)OC(C(F)(F)F)=CC1=O. The van der Waals surface area contributed by atoms with Crippen molar-refractivity contribution in [2.24, 2.45) is 0 Å². The largest absolute Gasteiger partial charge is 0.449 e. The molecule has 1 rings (SSSR count). The molecule has 1 atom stereocenters. The van der Waals surface area contributed by atoms with Crippen LogP contribution in [0.1, 0.15) is 6.92 Å². The predicted molar refractivity (Wildman–Crippen MR) is 35.6 cm³/mol. The van der Waals surface area contributed by atoms with Gasteiger partial charge in [-0.3, -0.25) is 4.79 Å². The van der Waals surface area contributed by atoms with Gasteiger partial charge in [0.05, 0.1) is 0 Å². The first-order chi connectivity index (χ1) is 5.79. The van der Waals surface area contributed by atoms with Crippen LogP contribution in [0.15, 0.2) is 11.8 Å². The Bertz CT molecular complexity index is 269. The van der Waals surface area contributed by atoms with Crippen LogP contribution in [0.3, 0.4) is 0 Å². The van der Waals surface area contributed by atoms with Crippen molar-refractivity contribution in [1.29, 1.82) is 0 Å². The van der Waals surface area contributed by atoms with E-state index in [1.165, 1.54) is 0 Å². The van der Waals surface area contributed by atoms with Crippen molar-refractivity contribution in [3.05, 3.63) is 11.8 Å². The lowest BCUT2D eigenvalue weighted by Crippen LogP contribution is -2.35. The van der Waals surface area contributed by atoms with Gasteiger partial charge >= 0.3 is 6.18 Å². The first kappa shape index (κ1) is 10.0. The molecule has 1 unspecified atom stereocenters. The van der Waals surface area contributed by atoms with Crippen molar-refractivity contribution in [1.82, 2.24) is 0 Å². The number of rotatable bonds is 1. The Morgan fingerprint density at radius 1 is 1.54 bits per heavy atom. The highest BCUT2D eigenvalue weighted by Gasteiger charge is 2.49. The Morgan fingerprint density at radius 2 is 2.08 bits per heavy atom. The summed E-state index contributed by atoms with van der Waals surface area (Å²) in [6.07, 6.45) is -4.25. The molecule has 0 aromatic heterocycles. The fraction of sp³-hybridized carbons (Fsp3) is 0.571. The minimum atomic E-state index is -4.65. The summed E-state index contributed by atoms with van der Waals surface area (Å²) in [6.45, 7) is 1.13. The van der Waals surface area contributed by atoms with E-state index in [9.17, 15) is 18.0 Å². The fourth-order valence-corrected chi connectivity index (χ4v) is 0.822. The molecular formula is C7H7F3O3. The highest BCUT2D eigenvalue weighted by atomic mass is 19.4. The fourth-order valence-electron chi connectivity index (χ4n) is 0.822. The molecule has 74 valence electrons. The Hall–Kier alpha value is -1.04. The first-order valence-electron chi connectivity index (χ1n) is 3.37. The van der Waals surface area contributed by atoms with E-state index in [-0.39, 0.29) is 0 Å². The lowest BCUT2D eigenvalue weighted by atomic mass is 10.2. The minimum Gasteiger partial charge on any atom is -0.449 e. The second-order valence-corrected chi connectivity index (χ2v) is 2.62. The lowest BCUT2D eigenvalue weighted by Gasteiger charge is -2.21. The predicted octanol–water partition coefficient (Wildman–Crippen LogP) is 1.39. The van der Waals surface area contributed by atoms with Crippen molar-refractivity contribution in [2.45, 2.75) is 18.9 Å². The quantitative estimate of drug-likeness (QED) is 0.635. The minimum absolute atomic E-state index is 0.392. The summed E-state index contributed by atoms with van der Waals surface area (Å²) in [4.78, 5) is 11.0. The first-order valence-corrected chi connectivity index (χ1v) is 3.37. The van der Waals surface area contributed by atoms with Gasteiger partial charge in [-0.25, -0.2) is 0 Å². The number of halogens is 3. The molecule has 1 heterocycles. The summed E-state index contributed by atoms with van der Waals surface area (Å²) in [7, 11) is 1.10. The van der Waals surface area contributed by atoms with Gasteiger partial charge in [0.25, 0.3) is 5.79 Å². The average Bonchev–Trinajstić information content (AvgIpc) is 2.29. The monoisotopic (exact) mass is 196 g/mol. The third-order valence-corrected chi connectivity index (χ3v) is 1.68. The number of hydrogen-bond acceptors (Lipinski definition) is 3. The van der Waals surface area contributed by atoms with Crippen LogP contribution in [-0.2, 0) is 14.3 Å². The number of carbonyl (C=O) groups is 1. The molecule has 0 N–H and O–H groups in total. The van der Waals surface area contributed by atoms with Crippen molar-refractivity contribution < 1.29 is 27.4 Å². The molecular weight excluding hydrogens is 189 g/mol. The molecule has 0 aromatic carbocycles. The maximum Gasteiger partial charge on any atom is 0.449 e. The van der Waals surface area contributed by atoms with Crippen LogP contribution in [-0.4, -0.2) is 24.9 Å². The van der Waals surface area contributed by atoms with Gasteiger partial charge in [-0.2, -0.15) is 13.2 Å². The number of ether oxygens (including phenoxy) is 2. The Kier molecular flexibility index (Phi) is 2.11. The molecule has 0 spiro atoms. The van der Waals surface area contributed by atoms with Gasteiger partial charge in [0.2, 0.25) is 11.5 Å². The number of ketones is 1. The maximum absolute atomic E-state index is 12.0. The molecule has 0 aliphatic carbocycles. The topological polar surface area (TPSA) is 35.5 Å². The molecule has 3 nitrogen and oxygen atoms in total. The molecule has 6 heteroatoms. The summed E-state index contributed by atoms with van der Waals surface area (Å²) in [5.41, 5.74) is 0. The normalized spacial score (nSPS) is 28.7. The van der Waals surface area contributed by atoms with Gasteiger partial charge in [0, 0.05) is 20.1 Å². The lowest BCUT2D eigenvalue weighted by molar-refractivity contribution is -0.210. The maximum atomic E-state index is 12.0. The van der Waals surface area contributed by atoms with Gasteiger partial charge < -0.3 is 9.47 Å². The standard InChI is InChI=1S/C7H7F3O3/c1-6(12-2)4(11)3-5(13-6)7(8,9)10/h3H,1-2H3. The number of allylic oxidation sites excluding steroid dienone is 1. The third kappa shape index (κ3) is 1.67. The Labute approximate surface area is 72.1 Å². The van der Waals surface area contributed by atoms with Gasteiger partial charge in [-0.1, -0.05) is 0 Å². The van der Waals surface area contributed by atoms with Crippen LogP contribution < -0.4 is 0 Å².